The summed E-state index contributed by atoms with van der Waals surface area (Å²) in [5.74, 6) is 0.810. The first-order chi connectivity index (χ1) is 8.61. The van der Waals surface area contributed by atoms with Crippen molar-refractivity contribution in [3.05, 3.63) is 49.6 Å². The van der Waals surface area contributed by atoms with E-state index >= 15 is 0 Å². The van der Waals surface area contributed by atoms with Crippen molar-refractivity contribution >= 4 is 50.5 Å². The maximum atomic E-state index is 6.51. The summed E-state index contributed by atoms with van der Waals surface area (Å²) in [6.45, 7) is 2.57. The number of rotatable bonds is 4. The van der Waals surface area contributed by atoms with Crippen molar-refractivity contribution in [3.8, 4) is 5.75 Å². The Labute approximate surface area is 129 Å². The highest BCUT2D eigenvalue weighted by atomic mass is 79.9. The van der Waals surface area contributed by atoms with Crippen LogP contribution in [0.3, 0.4) is 0 Å². The summed E-state index contributed by atoms with van der Waals surface area (Å²) in [5.41, 5.74) is 0.950. The molecule has 2 rings (SSSR count). The first kappa shape index (κ1) is 14.2. The van der Waals surface area contributed by atoms with Gasteiger partial charge in [-0.25, -0.2) is 0 Å². The molecule has 0 aliphatic rings. The predicted octanol–water partition coefficient (Wildman–Crippen LogP) is 5.89. The second-order valence-electron chi connectivity index (χ2n) is 3.62. The Morgan fingerprint density at radius 3 is 2.72 bits per heavy atom. The number of benzene rings is 1. The number of thiophene rings is 1. The summed E-state index contributed by atoms with van der Waals surface area (Å²) in [6, 6.07) is 9.65. The van der Waals surface area contributed by atoms with Gasteiger partial charge in [0, 0.05) is 14.9 Å². The van der Waals surface area contributed by atoms with Gasteiger partial charge >= 0.3 is 0 Å². The zero-order valence-corrected chi connectivity index (χ0v) is 13.5. The van der Waals surface area contributed by atoms with Gasteiger partial charge in [0.2, 0.25) is 0 Å². The largest absolute Gasteiger partial charge is 0.494 e. The number of ether oxygens (including phenoxy) is 1. The molecule has 1 unspecified atom stereocenters. The van der Waals surface area contributed by atoms with Crippen LogP contribution in [0.1, 0.15) is 22.7 Å². The lowest BCUT2D eigenvalue weighted by Crippen LogP contribution is -1.99. The fourth-order valence-corrected chi connectivity index (χ4v) is 3.44. The maximum absolute atomic E-state index is 6.51. The molecule has 0 bridgehead atoms. The third-order valence-corrected chi connectivity index (χ3v) is 4.78. The molecule has 0 N–H and O–H groups in total. The van der Waals surface area contributed by atoms with Gasteiger partial charge in [0.1, 0.15) is 5.75 Å². The predicted molar refractivity (Wildman–Crippen MR) is 82.3 cm³/mol. The van der Waals surface area contributed by atoms with Gasteiger partial charge in [0.15, 0.2) is 0 Å². The Balaban J connectivity index is 2.39. The molecule has 0 spiro atoms. The molecule has 1 aromatic carbocycles. The average molecular weight is 366 g/mol. The second kappa shape index (κ2) is 6.29. The van der Waals surface area contributed by atoms with E-state index in [4.69, 9.17) is 27.9 Å². The van der Waals surface area contributed by atoms with Crippen LogP contribution in [-0.4, -0.2) is 6.61 Å². The molecule has 0 saturated carbocycles. The molecule has 18 heavy (non-hydrogen) atoms. The summed E-state index contributed by atoms with van der Waals surface area (Å²) >= 11 is 17.4. The maximum Gasteiger partial charge on any atom is 0.124 e. The molecule has 0 fully saturated rings. The lowest BCUT2D eigenvalue weighted by Gasteiger charge is -2.14. The van der Waals surface area contributed by atoms with Gasteiger partial charge in [0.25, 0.3) is 0 Å². The third kappa shape index (κ3) is 3.21. The molecular weight excluding hydrogens is 355 g/mol. The molecule has 5 heteroatoms. The smallest absolute Gasteiger partial charge is 0.124 e. The van der Waals surface area contributed by atoms with Crippen LogP contribution in [0, 0.1) is 0 Å². The molecule has 0 amide bonds. The van der Waals surface area contributed by atoms with E-state index in [1.807, 2.05) is 37.3 Å². The van der Waals surface area contributed by atoms with Crippen LogP contribution in [0.2, 0.25) is 4.34 Å². The SMILES string of the molecule is CCOc1ccc(Br)cc1C(Cl)c1ccc(Cl)s1. The lowest BCUT2D eigenvalue weighted by atomic mass is 10.1. The van der Waals surface area contributed by atoms with Crippen molar-refractivity contribution < 1.29 is 4.74 Å². The first-order valence-corrected chi connectivity index (χ1v) is 7.85. The van der Waals surface area contributed by atoms with Gasteiger partial charge in [0.05, 0.1) is 16.3 Å². The molecule has 0 radical (unpaired) electrons. The summed E-state index contributed by atoms with van der Waals surface area (Å²) < 4.78 is 7.33. The lowest BCUT2D eigenvalue weighted by molar-refractivity contribution is 0.337. The van der Waals surface area contributed by atoms with Crippen molar-refractivity contribution in [2.24, 2.45) is 0 Å². The fourth-order valence-electron chi connectivity index (χ4n) is 1.62. The van der Waals surface area contributed by atoms with Gasteiger partial charge in [-0.05, 0) is 37.3 Å². The number of hydrogen-bond donors (Lipinski definition) is 0. The van der Waals surface area contributed by atoms with E-state index in [9.17, 15) is 0 Å². The topological polar surface area (TPSA) is 9.23 Å². The molecule has 0 saturated heterocycles. The van der Waals surface area contributed by atoms with E-state index in [0.717, 1.165) is 25.0 Å². The number of halogens is 3. The van der Waals surface area contributed by atoms with Crippen LogP contribution in [0.4, 0.5) is 0 Å². The fraction of sp³-hybridized carbons (Fsp3) is 0.231. The third-order valence-electron chi connectivity index (χ3n) is 2.39. The van der Waals surface area contributed by atoms with Crippen LogP contribution in [0.5, 0.6) is 5.75 Å². The van der Waals surface area contributed by atoms with E-state index in [0.29, 0.717) is 6.61 Å². The average Bonchev–Trinajstić information content (AvgIpc) is 2.77. The standard InChI is InChI=1S/C13H11BrCl2OS/c1-2-17-10-4-3-8(14)7-9(10)13(16)11-5-6-12(15)18-11/h3-7,13H,2H2,1H3. The van der Waals surface area contributed by atoms with Gasteiger partial charge in [-0.2, -0.15) is 0 Å². The monoisotopic (exact) mass is 364 g/mol. The van der Waals surface area contributed by atoms with Crippen LogP contribution >= 0.6 is 50.5 Å². The molecule has 0 aliphatic heterocycles. The van der Waals surface area contributed by atoms with Crippen molar-refractivity contribution in [2.45, 2.75) is 12.3 Å². The summed E-state index contributed by atoms with van der Waals surface area (Å²) in [5, 5.41) is -0.249. The van der Waals surface area contributed by atoms with E-state index in [1.165, 1.54) is 11.3 Å². The van der Waals surface area contributed by atoms with Crippen LogP contribution < -0.4 is 4.74 Å². The number of alkyl halides is 1. The minimum atomic E-state index is -0.249. The number of hydrogen-bond acceptors (Lipinski definition) is 2. The van der Waals surface area contributed by atoms with Gasteiger partial charge < -0.3 is 4.74 Å². The van der Waals surface area contributed by atoms with Crippen LogP contribution in [-0.2, 0) is 0 Å². The van der Waals surface area contributed by atoms with E-state index < -0.39 is 0 Å². The van der Waals surface area contributed by atoms with Gasteiger partial charge in [-0.3, -0.25) is 0 Å². The molecule has 96 valence electrons. The summed E-state index contributed by atoms with van der Waals surface area (Å²) in [7, 11) is 0. The van der Waals surface area contributed by atoms with Crippen LogP contribution in [0.15, 0.2) is 34.8 Å². The molecule has 2 aromatic rings. The Bertz CT molecular complexity index is 542. The van der Waals surface area contributed by atoms with Crippen molar-refractivity contribution in [1.82, 2.24) is 0 Å². The first-order valence-electron chi connectivity index (χ1n) is 5.43. The molecule has 1 nitrogen and oxygen atoms in total. The van der Waals surface area contributed by atoms with Crippen molar-refractivity contribution in [2.75, 3.05) is 6.61 Å². The second-order valence-corrected chi connectivity index (χ2v) is 6.72. The molecule has 0 aliphatic carbocycles. The Morgan fingerprint density at radius 2 is 2.11 bits per heavy atom. The highest BCUT2D eigenvalue weighted by Gasteiger charge is 2.18. The molecular formula is C13H11BrCl2OS. The zero-order valence-electron chi connectivity index (χ0n) is 9.62. The van der Waals surface area contributed by atoms with Gasteiger partial charge in [-0.15, -0.1) is 22.9 Å². The van der Waals surface area contributed by atoms with Crippen molar-refractivity contribution in [1.29, 1.82) is 0 Å². The van der Waals surface area contributed by atoms with E-state index in [-0.39, 0.29) is 5.38 Å². The molecule has 1 heterocycles. The van der Waals surface area contributed by atoms with Crippen molar-refractivity contribution in [3.63, 3.8) is 0 Å². The summed E-state index contributed by atoms with van der Waals surface area (Å²) in [6.07, 6.45) is 0. The van der Waals surface area contributed by atoms with E-state index in [1.54, 1.807) is 0 Å². The quantitative estimate of drug-likeness (QED) is 0.613. The van der Waals surface area contributed by atoms with Gasteiger partial charge in [-0.1, -0.05) is 27.5 Å². The molecule has 1 aromatic heterocycles. The Hall–Kier alpha value is -0.220. The van der Waals surface area contributed by atoms with E-state index in [2.05, 4.69) is 15.9 Å². The minimum Gasteiger partial charge on any atom is -0.494 e. The highest BCUT2D eigenvalue weighted by Crippen LogP contribution is 2.40. The van der Waals surface area contributed by atoms with Crippen LogP contribution in [0.25, 0.3) is 0 Å². The minimum absolute atomic E-state index is 0.249. The molecule has 1 atom stereocenters. The Kier molecular flexibility index (Phi) is 4.96. The normalized spacial score (nSPS) is 12.4. The zero-order chi connectivity index (χ0) is 13.1. The Morgan fingerprint density at radius 1 is 1.33 bits per heavy atom. The summed E-state index contributed by atoms with van der Waals surface area (Å²) in [4.78, 5) is 1.01. The highest BCUT2D eigenvalue weighted by molar-refractivity contribution is 9.10.